The number of amides is 3. The van der Waals surface area contributed by atoms with Crippen LogP contribution in [-0.4, -0.2) is 43.5 Å². The molecule has 0 aliphatic rings. The van der Waals surface area contributed by atoms with Crippen molar-refractivity contribution in [1.82, 2.24) is 15.5 Å². The summed E-state index contributed by atoms with van der Waals surface area (Å²) in [4.78, 5) is 23.8. The summed E-state index contributed by atoms with van der Waals surface area (Å²) in [6.07, 6.45) is 1.24. The van der Waals surface area contributed by atoms with Crippen LogP contribution >= 0.6 is 0 Å². The minimum Gasteiger partial charge on any atom is -0.354 e. The predicted molar refractivity (Wildman–Crippen MR) is 59.6 cm³/mol. The van der Waals surface area contributed by atoms with Crippen molar-refractivity contribution in [2.75, 3.05) is 20.6 Å². The van der Waals surface area contributed by atoms with E-state index in [0.717, 1.165) is 6.42 Å². The number of hydrogen-bond acceptors (Lipinski definition) is 2. The van der Waals surface area contributed by atoms with E-state index < -0.39 is 0 Å². The van der Waals surface area contributed by atoms with Gasteiger partial charge in [-0.15, -0.1) is 0 Å². The van der Waals surface area contributed by atoms with Gasteiger partial charge in [0.15, 0.2) is 0 Å². The van der Waals surface area contributed by atoms with Crippen LogP contribution in [0, 0.1) is 0 Å². The van der Waals surface area contributed by atoms with Crippen molar-refractivity contribution in [2.24, 2.45) is 0 Å². The topological polar surface area (TPSA) is 61.4 Å². The maximum atomic E-state index is 11.3. The van der Waals surface area contributed by atoms with Crippen molar-refractivity contribution in [1.29, 1.82) is 0 Å². The van der Waals surface area contributed by atoms with E-state index in [1.165, 1.54) is 4.90 Å². The molecule has 0 fully saturated rings. The molecule has 0 radical (unpaired) electrons. The van der Waals surface area contributed by atoms with Crippen LogP contribution in [0.5, 0.6) is 0 Å². The molecule has 0 rings (SSSR count). The van der Waals surface area contributed by atoms with Crippen LogP contribution in [0.3, 0.4) is 0 Å². The van der Waals surface area contributed by atoms with Gasteiger partial charge in [0.1, 0.15) is 0 Å². The second-order valence-electron chi connectivity index (χ2n) is 3.75. The number of nitrogens with one attached hydrogen (secondary N) is 2. The second-order valence-corrected chi connectivity index (χ2v) is 3.75. The zero-order chi connectivity index (χ0) is 11.8. The van der Waals surface area contributed by atoms with Crippen molar-refractivity contribution in [2.45, 2.75) is 32.7 Å². The summed E-state index contributed by atoms with van der Waals surface area (Å²) in [7, 11) is 3.32. The molecule has 2 N–H and O–H groups in total. The van der Waals surface area contributed by atoms with E-state index in [-0.39, 0.29) is 18.0 Å². The number of carbonyl (C=O) groups is 2. The summed E-state index contributed by atoms with van der Waals surface area (Å²) in [5.41, 5.74) is 0. The number of rotatable bonds is 5. The molecule has 0 aliphatic carbocycles. The third-order valence-electron chi connectivity index (χ3n) is 2.05. The van der Waals surface area contributed by atoms with Crippen molar-refractivity contribution in [3.05, 3.63) is 0 Å². The first kappa shape index (κ1) is 13.7. The van der Waals surface area contributed by atoms with Gasteiger partial charge in [-0.05, 0) is 13.3 Å². The Hall–Kier alpha value is -1.26. The van der Waals surface area contributed by atoms with E-state index in [1.807, 2.05) is 13.8 Å². The molecular formula is C10H21N3O2. The number of hydrogen-bond donors (Lipinski definition) is 2. The lowest BCUT2D eigenvalue weighted by molar-refractivity contribution is -0.121. The van der Waals surface area contributed by atoms with E-state index in [2.05, 4.69) is 10.6 Å². The van der Waals surface area contributed by atoms with Crippen LogP contribution in [0.2, 0.25) is 0 Å². The molecule has 0 heterocycles. The third-order valence-corrected chi connectivity index (χ3v) is 2.05. The van der Waals surface area contributed by atoms with Gasteiger partial charge >= 0.3 is 6.03 Å². The maximum Gasteiger partial charge on any atom is 0.316 e. The lowest BCUT2D eigenvalue weighted by atomic mass is 10.2. The Bertz CT molecular complexity index is 217. The monoisotopic (exact) mass is 215 g/mol. The number of carbonyl (C=O) groups excluding carboxylic acids is 2. The van der Waals surface area contributed by atoms with Crippen molar-refractivity contribution in [3.63, 3.8) is 0 Å². The van der Waals surface area contributed by atoms with Gasteiger partial charge < -0.3 is 15.5 Å². The minimum absolute atomic E-state index is 0.0246. The Kier molecular flexibility index (Phi) is 6.49. The number of nitrogens with zero attached hydrogens (tertiary/aromatic N) is 1. The fourth-order valence-electron chi connectivity index (χ4n) is 0.890. The van der Waals surface area contributed by atoms with Gasteiger partial charge in [0.05, 0.1) is 0 Å². The molecule has 0 aromatic heterocycles. The van der Waals surface area contributed by atoms with Gasteiger partial charge in [-0.2, -0.15) is 0 Å². The fraction of sp³-hybridized carbons (Fsp3) is 0.800. The summed E-state index contributed by atoms with van der Waals surface area (Å²) in [6.45, 7) is 4.34. The van der Waals surface area contributed by atoms with Crippen molar-refractivity contribution >= 4 is 11.9 Å². The van der Waals surface area contributed by atoms with Crippen LogP contribution in [0.1, 0.15) is 26.7 Å². The standard InChI is InChI=1S/C10H21N3O2/c1-5-8(2)12-9(14)6-7-11-10(15)13(3)4/h8H,5-7H2,1-4H3,(H,11,15)(H,12,14). The van der Waals surface area contributed by atoms with Gasteiger partial charge in [-0.1, -0.05) is 6.92 Å². The highest BCUT2D eigenvalue weighted by molar-refractivity contribution is 5.78. The smallest absolute Gasteiger partial charge is 0.316 e. The zero-order valence-electron chi connectivity index (χ0n) is 9.96. The Morgan fingerprint density at radius 3 is 2.40 bits per heavy atom. The minimum atomic E-state index is -0.175. The Morgan fingerprint density at radius 1 is 1.33 bits per heavy atom. The molecule has 0 aromatic carbocycles. The molecule has 1 unspecified atom stereocenters. The lowest BCUT2D eigenvalue weighted by Gasteiger charge is -2.13. The van der Waals surface area contributed by atoms with E-state index in [0.29, 0.717) is 13.0 Å². The highest BCUT2D eigenvalue weighted by Crippen LogP contribution is 1.89. The molecule has 0 aromatic rings. The molecule has 0 saturated carbocycles. The van der Waals surface area contributed by atoms with E-state index in [9.17, 15) is 9.59 Å². The summed E-state index contributed by atoms with van der Waals surface area (Å²) in [5.74, 6) is -0.0246. The van der Waals surface area contributed by atoms with E-state index in [1.54, 1.807) is 14.1 Å². The molecule has 15 heavy (non-hydrogen) atoms. The molecule has 5 heteroatoms. The summed E-state index contributed by atoms with van der Waals surface area (Å²) in [6, 6.07) is 0.0217. The van der Waals surface area contributed by atoms with Gasteiger partial charge in [-0.25, -0.2) is 4.79 Å². The Labute approximate surface area is 91.2 Å². The largest absolute Gasteiger partial charge is 0.354 e. The average molecular weight is 215 g/mol. The maximum absolute atomic E-state index is 11.3. The predicted octanol–water partition coefficient (Wildman–Crippen LogP) is 0.562. The fourth-order valence-corrected chi connectivity index (χ4v) is 0.890. The van der Waals surface area contributed by atoms with Crippen LogP contribution < -0.4 is 10.6 Å². The quantitative estimate of drug-likeness (QED) is 0.704. The molecule has 1 atom stereocenters. The Morgan fingerprint density at radius 2 is 1.93 bits per heavy atom. The normalized spacial score (nSPS) is 11.7. The van der Waals surface area contributed by atoms with Gasteiger partial charge in [0.2, 0.25) is 5.91 Å². The van der Waals surface area contributed by atoms with Gasteiger partial charge in [0, 0.05) is 33.1 Å². The average Bonchev–Trinajstić information content (AvgIpc) is 2.17. The SMILES string of the molecule is CCC(C)NC(=O)CCNC(=O)N(C)C. The summed E-state index contributed by atoms with van der Waals surface area (Å²) < 4.78 is 0. The molecular weight excluding hydrogens is 194 g/mol. The van der Waals surface area contributed by atoms with Crippen LogP contribution in [0.4, 0.5) is 4.79 Å². The zero-order valence-corrected chi connectivity index (χ0v) is 9.96. The van der Waals surface area contributed by atoms with E-state index >= 15 is 0 Å². The highest BCUT2D eigenvalue weighted by Gasteiger charge is 2.06. The van der Waals surface area contributed by atoms with Crippen LogP contribution in [0.15, 0.2) is 0 Å². The first-order chi connectivity index (χ1) is 6.97. The van der Waals surface area contributed by atoms with Crippen molar-refractivity contribution in [3.8, 4) is 0 Å². The molecule has 0 aliphatic heterocycles. The number of urea groups is 1. The molecule has 88 valence electrons. The first-order valence-corrected chi connectivity index (χ1v) is 5.21. The molecule has 0 bridgehead atoms. The summed E-state index contributed by atoms with van der Waals surface area (Å²) in [5, 5.41) is 5.46. The van der Waals surface area contributed by atoms with E-state index in [4.69, 9.17) is 0 Å². The third kappa shape index (κ3) is 6.76. The molecule has 0 saturated heterocycles. The van der Waals surface area contributed by atoms with Crippen LogP contribution in [-0.2, 0) is 4.79 Å². The Balaban J connectivity index is 3.60. The lowest BCUT2D eigenvalue weighted by Crippen LogP contribution is -2.38. The van der Waals surface area contributed by atoms with Crippen molar-refractivity contribution < 1.29 is 9.59 Å². The van der Waals surface area contributed by atoms with Gasteiger partial charge in [0.25, 0.3) is 0 Å². The second kappa shape index (κ2) is 7.09. The first-order valence-electron chi connectivity index (χ1n) is 5.21. The van der Waals surface area contributed by atoms with Gasteiger partial charge in [-0.3, -0.25) is 4.79 Å². The molecule has 3 amide bonds. The summed E-state index contributed by atoms with van der Waals surface area (Å²) >= 11 is 0. The highest BCUT2D eigenvalue weighted by atomic mass is 16.2. The molecule has 5 nitrogen and oxygen atoms in total. The molecule has 0 spiro atoms. The van der Waals surface area contributed by atoms with Crippen LogP contribution in [0.25, 0.3) is 0 Å².